The smallest absolute Gasteiger partial charge is 0.155 e. The molecule has 2 heteroatoms. The second-order valence-electron chi connectivity index (χ2n) is 7.26. The molecule has 0 N–H and O–H groups in total. The third-order valence-corrected chi connectivity index (χ3v) is 5.82. The van der Waals surface area contributed by atoms with Crippen molar-refractivity contribution in [3.63, 3.8) is 0 Å². The Morgan fingerprint density at radius 3 is 2.68 bits per heavy atom. The lowest BCUT2D eigenvalue weighted by molar-refractivity contribution is -0.115. The van der Waals surface area contributed by atoms with Gasteiger partial charge in [0.25, 0.3) is 0 Å². The lowest BCUT2D eigenvalue weighted by Crippen LogP contribution is -2.35. The summed E-state index contributed by atoms with van der Waals surface area (Å²) in [6, 6.07) is 17.2. The number of hydrogen-bond donors (Lipinski definition) is 0. The molecule has 0 spiro atoms. The predicted molar refractivity (Wildman–Crippen MR) is 100 cm³/mol. The van der Waals surface area contributed by atoms with Crippen LogP contribution in [0.5, 0.6) is 5.75 Å². The standard InChI is InChI=1S/C23H24O2/c1-25-21-10-11-22-18(14-21)8-5-9-19-15-20(24)12-13-23(19,22)16-17-6-3-2-4-7-17/h2-4,6-7,10-11,14-15H,5,8-9,12-13,16H2,1H3. The number of aryl methyl sites for hydroxylation is 1. The first kappa shape index (κ1) is 16.1. The van der Waals surface area contributed by atoms with Crippen molar-refractivity contribution < 1.29 is 9.53 Å². The summed E-state index contributed by atoms with van der Waals surface area (Å²) < 4.78 is 5.46. The largest absolute Gasteiger partial charge is 0.497 e. The molecule has 2 aliphatic rings. The zero-order chi connectivity index (χ0) is 17.3. The lowest BCUT2D eigenvalue weighted by Gasteiger charge is -2.39. The number of carbonyl (C=O) groups excluding carboxylic acids is 1. The molecule has 1 unspecified atom stereocenters. The maximum atomic E-state index is 12.1. The molecule has 0 saturated heterocycles. The molecule has 0 heterocycles. The summed E-state index contributed by atoms with van der Waals surface area (Å²) in [6.45, 7) is 0. The molecule has 0 bridgehead atoms. The van der Waals surface area contributed by atoms with E-state index in [-0.39, 0.29) is 11.2 Å². The van der Waals surface area contributed by atoms with Gasteiger partial charge in [0.05, 0.1) is 7.11 Å². The third-order valence-electron chi connectivity index (χ3n) is 5.82. The number of benzene rings is 2. The van der Waals surface area contributed by atoms with E-state index in [1.165, 1.54) is 22.3 Å². The van der Waals surface area contributed by atoms with Crippen molar-refractivity contribution in [2.75, 3.05) is 7.11 Å². The summed E-state index contributed by atoms with van der Waals surface area (Å²) in [5, 5.41) is 0. The molecular weight excluding hydrogens is 308 g/mol. The van der Waals surface area contributed by atoms with E-state index in [0.717, 1.165) is 37.9 Å². The van der Waals surface area contributed by atoms with E-state index in [9.17, 15) is 4.79 Å². The van der Waals surface area contributed by atoms with Crippen LogP contribution in [0.4, 0.5) is 0 Å². The van der Waals surface area contributed by atoms with Gasteiger partial charge in [0.1, 0.15) is 5.75 Å². The second kappa shape index (κ2) is 6.51. The van der Waals surface area contributed by atoms with Crippen LogP contribution in [0.3, 0.4) is 0 Å². The molecule has 0 amide bonds. The maximum absolute atomic E-state index is 12.1. The fourth-order valence-electron chi connectivity index (χ4n) is 4.60. The fourth-order valence-corrected chi connectivity index (χ4v) is 4.60. The molecule has 4 rings (SSSR count). The fraction of sp³-hybridized carbons (Fsp3) is 0.348. The van der Waals surface area contributed by atoms with Gasteiger partial charge in [-0.25, -0.2) is 0 Å². The Balaban J connectivity index is 1.88. The zero-order valence-corrected chi connectivity index (χ0v) is 14.8. The molecular formula is C23H24O2. The van der Waals surface area contributed by atoms with Gasteiger partial charge in [-0.2, -0.15) is 0 Å². The van der Waals surface area contributed by atoms with Crippen LogP contribution in [0.25, 0.3) is 0 Å². The van der Waals surface area contributed by atoms with E-state index in [0.29, 0.717) is 6.42 Å². The van der Waals surface area contributed by atoms with Gasteiger partial charge in [-0.3, -0.25) is 4.79 Å². The zero-order valence-electron chi connectivity index (χ0n) is 14.8. The normalized spacial score (nSPS) is 22.4. The van der Waals surface area contributed by atoms with Gasteiger partial charge in [0.15, 0.2) is 5.78 Å². The maximum Gasteiger partial charge on any atom is 0.155 e. The Kier molecular flexibility index (Phi) is 4.20. The van der Waals surface area contributed by atoms with Crippen molar-refractivity contribution in [2.24, 2.45) is 0 Å². The molecule has 2 aliphatic carbocycles. The topological polar surface area (TPSA) is 26.3 Å². The van der Waals surface area contributed by atoms with Gasteiger partial charge < -0.3 is 4.74 Å². The lowest BCUT2D eigenvalue weighted by atomic mass is 9.63. The molecule has 0 aromatic heterocycles. The van der Waals surface area contributed by atoms with Crippen LogP contribution in [0, 0.1) is 0 Å². The first-order valence-corrected chi connectivity index (χ1v) is 9.16. The minimum atomic E-state index is -0.0482. The monoisotopic (exact) mass is 332 g/mol. The number of rotatable bonds is 3. The van der Waals surface area contributed by atoms with Gasteiger partial charge in [0, 0.05) is 11.8 Å². The number of carbonyl (C=O) groups is 1. The predicted octanol–water partition coefficient (Wildman–Crippen LogP) is 4.80. The molecule has 2 nitrogen and oxygen atoms in total. The molecule has 2 aromatic rings. The van der Waals surface area contributed by atoms with Gasteiger partial charge >= 0.3 is 0 Å². The van der Waals surface area contributed by atoms with Crippen LogP contribution in [-0.4, -0.2) is 12.9 Å². The van der Waals surface area contributed by atoms with E-state index in [1.54, 1.807) is 7.11 Å². The average molecular weight is 332 g/mol. The average Bonchev–Trinajstić information content (AvgIpc) is 2.79. The van der Waals surface area contributed by atoms with Gasteiger partial charge in [-0.15, -0.1) is 0 Å². The van der Waals surface area contributed by atoms with Crippen molar-refractivity contribution in [3.05, 3.63) is 76.9 Å². The van der Waals surface area contributed by atoms with Crippen LogP contribution < -0.4 is 4.74 Å². The molecule has 2 aromatic carbocycles. The second-order valence-corrected chi connectivity index (χ2v) is 7.26. The number of ketones is 1. The van der Waals surface area contributed by atoms with E-state index in [4.69, 9.17) is 4.74 Å². The van der Waals surface area contributed by atoms with Crippen molar-refractivity contribution in [2.45, 2.75) is 43.9 Å². The SMILES string of the molecule is COc1ccc2c(c1)CCCC1=CC(=O)CCC12Cc1ccccc1. The van der Waals surface area contributed by atoms with Gasteiger partial charge in [-0.1, -0.05) is 42.0 Å². The van der Waals surface area contributed by atoms with Crippen LogP contribution in [0.15, 0.2) is 60.2 Å². The molecule has 0 radical (unpaired) electrons. The molecule has 0 saturated carbocycles. The highest BCUT2D eigenvalue weighted by molar-refractivity contribution is 5.92. The Labute approximate surface area is 149 Å². The van der Waals surface area contributed by atoms with Crippen LogP contribution >= 0.6 is 0 Å². The highest BCUT2D eigenvalue weighted by Gasteiger charge is 2.41. The summed E-state index contributed by atoms with van der Waals surface area (Å²) >= 11 is 0. The highest BCUT2D eigenvalue weighted by atomic mass is 16.5. The summed E-state index contributed by atoms with van der Waals surface area (Å²) in [6.07, 6.45) is 7.62. The van der Waals surface area contributed by atoms with E-state index in [2.05, 4.69) is 48.5 Å². The van der Waals surface area contributed by atoms with Crippen LogP contribution in [0.1, 0.15) is 42.4 Å². The van der Waals surface area contributed by atoms with E-state index < -0.39 is 0 Å². The Hall–Kier alpha value is -2.35. The minimum Gasteiger partial charge on any atom is -0.497 e. The quantitative estimate of drug-likeness (QED) is 0.807. The summed E-state index contributed by atoms with van der Waals surface area (Å²) in [5.74, 6) is 1.21. The van der Waals surface area contributed by atoms with Crippen LogP contribution in [0.2, 0.25) is 0 Å². The van der Waals surface area contributed by atoms with Crippen molar-refractivity contribution in [1.29, 1.82) is 0 Å². The Morgan fingerprint density at radius 1 is 1.04 bits per heavy atom. The Morgan fingerprint density at radius 2 is 1.88 bits per heavy atom. The molecule has 25 heavy (non-hydrogen) atoms. The number of methoxy groups -OCH3 is 1. The summed E-state index contributed by atoms with van der Waals surface area (Å²) in [7, 11) is 1.72. The van der Waals surface area contributed by atoms with Crippen molar-refractivity contribution in [1.82, 2.24) is 0 Å². The number of hydrogen-bond acceptors (Lipinski definition) is 2. The van der Waals surface area contributed by atoms with E-state index >= 15 is 0 Å². The first-order chi connectivity index (χ1) is 12.2. The third kappa shape index (κ3) is 2.90. The molecule has 1 atom stereocenters. The highest BCUT2D eigenvalue weighted by Crippen LogP contribution is 2.48. The van der Waals surface area contributed by atoms with E-state index in [1.807, 2.05) is 6.08 Å². The van der Waals surface area contributed by atoms with Crippen LogP contribution in [-0.2, 0) is 23.1 Å². The number of fused-ring (bicyclic) bond motifs is 3. The Bertz CT molecular complexity index is 819. The van der Waals surface area contributed by atoms with Gasteiger partial charge in [0.2, 0.25) is 0 Å². The van der Waals surface area contributed by atoms with Crippen molar-refractivity contribution in [3.8, 4) is 5.75 Å². The minimum absolute atomic E-state index is 0.0482. The number of ether oxygens (including phenoxy) is 1. The summed E-state index contributed by atoms with van der Waals surface area (Å²) in [5.41, 5.74) is 5.40. The number of allylic oxidation sites excluding steroid dienone is 2. The van der Waals surface area contributed by atoms with Crippen molar-refractivity contribution >= 4 is 5.78 Å². The molecule has 0 fully saturated rings. The molecule has 0 aliphatic heterocycles. The molecule has 128 valence electrons. The first-order valence-electron chi connectivity index (χ1n) is 9.16. The van der Waals surface area contributed by atoms with Gasteiger partial charge in [-0.05, 0) is 67.0 Å². The summed E-state index contributed by atoms with van der Waals surface area (Å²) in [4.78, 5) is 12.1.